The van der Waals surface area contributed by atoms with Gasteiger partial charge in [-0.15, -0.1) is 0 Å². The second-order valence-corrected chi connectivity index (χ2v) is 4.81. The summed E-state index contributed by atoms with van der Waals surface area (Å²) in [7, 11) is 4.20. The second-order valence-electron chi connectivity index (χ2n) is 4.81. The maximum absolute atomic E-state index is 4.22. The van der Waals surface area contributed by atoms with Gasteiger partial charge >= 0.3 is 0 Å². The Bertz CT molecular complexity index is 330. The molecule has 1 aliphatic carbocycles. The van der Waals surface area contributed by atoms with Crippen molar-refractivity contribution in [3.63, 3.8) is 0 Å². The number of hydrogen-bond acceptors (Lipinski definition) is 3. The van der Waals surface area contributed by atoms with Crippen molar-refractivity contribution >= 4 is 0 Å². The second kappa shape index (κ2) is 4.97. The molecule has 0 saturated heterocycles. The fourth-order valence-corrected chi connectivity index (χ4v) is 2.10. The summed E-state index contributed by atoms with van der Waals surface area (Å²) in [5.41, 5.74) is 1.26. The molecule has 1 unspecified atom stereocenters. The Labute approximate surface area is 97.7 Å². The number of hydrogen-bond donors (Lipinski definition) is 1. The molecular weight excluding hydrogens is 200 g/mol. The van der Waals surface area contributed by atoms with E-state index in [0.29, 0.717) is 6.04 Å². The van der Waals surface area contributed by atoms with Gasteiger partial charge in [0.25, 0.3) is 0 Å². The van der Waals surface area contributed by atoms with Crippen molar-refractivity contribution in [1.29, 1.82) is 0 Å². The van der Waals surface area contributed by atoms with Crippen molar-refractivity contribution in [2.45, 2.75) is 44.9 Å². The highest BCUT2D eigenvalue weighted by Crippen LogP contribution is 2.27. The Morgan fingerprint density at radius 3 is 3.00 bits per heavy atom. The van der Waals surface area contributed by atoms with E-state index in [-0.39, 0.29) is 0 Å². The van der Waals surface area contributed by atoms with Crippen LogP contribution in [0.1, 0.15) is 25.5 Å². The first kappa shape index (κ1) is 11.6. The topological polar surface area (TPSA) is 33.1 Å². The quantitative estimate of drug-likeness (QED) is 0.782. The highest BCUT2D eigenvalue weighted by Gasteiger charge is 2.29. The Morgan fingerprint density at radius 1 is 1.62 bits per heavy atom. The van der Waals surface area contributed by atoms with Crippen LogP contribution in [0.25, 0.3) is 0 Å². The summed E-state index contributed by atoms with van der Waals surface area (Å²) in [6, 6.07) is 1.41. The average Bonchev–Trinajstić information content (AvgIpc) is 3.03. The van der Waals surface area contributed by atoms with E-state index in [9.17, 15) is 0 Å². The highest BCUT2D eigenvalue weighted by atomic mass is 15.2. The van der Waals surface area contributed by atoms with Gasteiger partial charge in [0, 0.05) is 31.4 Å². The maximum atomic E-state index is 4.22. The Kier molecular flexibility index (Phi) is 3.61. The van der Waals surface area contributed by atoms with Crippen molar-refractivity contribution < 1.29 is 0 Å². The Balaban J connectivity index is 1.93. The van der Waals surface area contributed by atoms with Crippen LogP contribution >= 0.6 is 0 Å². The number of aromatic nitrogens is 2. The lowest BCUT2D eigenvalue weighted by molar-refractivity contribution is 0.224. The van der Waals surface area contributed by atoms with Crippen LogP contribution in [0.5, 0.6) is 0 Å². The first-order valence-corrected chi connectivity index (χ1v) is 6.08. The lowest BCUT2D eigenvalue weighted by Crippen LogP contribution is -2.34. The monoisotopic (exact) mass is 222 g/mol. The molecule has 0 spiro atoms. The molecule has 1 atom stereocenters. The third-order valence-electron chi connectivity index (χ3n) is 3.44. The largest absolute Gasteiger partial charge is 0.332 e. The molecule has 1 fully saturated rings. The predicted octanol–water partition coefficient (Wildman–Crippen LogP) is 1.09. The summed E-state index contributed by atoms with van der Waals surface area (Å²) in [6.45, 7) is 4.21. The third kappa shape index (κ3) is 2.62. The smallest absolute Gasteiger partial charge is 0.0949 e. The molecule has 4 nitrogen and oxygen atoms in total. The van der Waals surface area contributed by atoms with E-state index in [1.54, 1.807) is 0 Å². The number of imidazole rings is 1. The summed E-state index contributed by atoms with van der Waals surface area (Å²) in [5.74, 6) is 0. The van der Waals surface area contributed by atoms with E-state index in [4.69, 9.17) is 0 Å². The minimum Gasteiger partial charge on any atom is -0.332 e. The molecule has 0 amide bonds. The van der Waals surface area contributed by atoms with Crippen molar-refractivity contribution in [2.75, 3.05) is 14.1 Å². The number of likely N-dealkylation sites (N-methyl/N-ethyl adjacent to an activating group) is 1. The first-order valence-electron chi connectivity index (χ1n) is 6.08. The predicted molar refractivity (Wildman–Crippen MR) is 65.2 cm³/mol. The van der Waals surface area contributed by atoms with E-state index in [1.807, 2.05) is 19.6 Å². The molecule has 90 valence electrons. The molecule has 1 aliphatic rings. The maximum Gasteiger partial charge on any atom is 0.0949 e. The van der Waals surface area contributed by atoms with E-state index in [2.05, 4.69) is 33.7 Å². The molecule has 1 saturated carbocycles. The van der Waals surface area contributed by atoms with Crippen molar-refractivity contribution in [1.82, 2.24) is 19.8 Å². The van der Waals surface area contributed by atoms with Crippen LogP contribution in [0, 0.1) is 0 Å². The summed E-state index contributed by atoms with van der Waals surface area (Å²) in [4.78, 5) is 6.71. The molecule has 4 heteroatoms. The van der Waals surface area contributed by atoms with E-state index >= 15 is 0 Å². The minimum absolute atomic E-state index is 0.581. The van der Waals surface area contributed by atoms with Gasteiger partial charge in [-0.05, 0) is 33.9 Å². The van der Waals surface area contributed by atoms with Crippen LogP contribution in [0.2, 0.25) is 0 Å². The van der Waals surface area contributed by atoms with Crippen molar-refractivity contribution in [3.05, 3.63) is 18.2 Å². The molecular formula is C12H22N4. The first-order chi connectivity index (χ1) is 7.72. The van der Waals surface area contributed by atoms with Crippen LogP contribution in [0.15, 0.2) is 12.5 Å². The fraction of sp³-hybridized carbons (Fsp3) is 0.750. The van der Waals surface area contributed by atoms with Gasteiger partial charge in [0.2, 0.25) is 0 Å². The molecule has 1 N–H and O–H groups in total. The minimum atomic E-state index is 0.581. The summed E-state index contributed by atoms with van der Waals surface area (Å²) in [6.07, 6.45) is 6.62. The van der Waals surface area contributed by atoms with Gasteiger partial charge in [0.1, 0.15) is 0 Å². The lowest BCUT2D eigenvalue weighted by Gasteiger charge is -2.25. The normalized spacial score (nSPS) is 18.0. The number of rotatable bonds is 6. The molecule has 1 aromatic heterocycles. The summed E-state index contributed by atoms with van der Waals surface area (Å²) < 4.78 is 2.25. The van der Waals surface area contributed by atoms with Crippen LogP contribution in [-0.2, 0) is 13.1 Å². The summed E-state index contributed by atoms with van der Waals surface area (Å²) >= 11 is 0. The van der Waals surface area contributed by atoms with E-state index in [1.165, 1.54) is 18.5 Å². The molecule has 16 heavy (non-hydrogen) atoms. The van der Waals surface area contributed by atoms with E-state index < -0.39 is 0 Å². The standard InChI is InChI=1S/C12H22N4/c1-10(15(3)11-4-5-11)8-16-9-14-7-12(16)6-13-2/h7,9-11,13H,4-6,8H2,1-3H3. The zero-order valence-corrected chi connectivity index (χ0v) is 10.5. The van der Waals surface area contributed by atoms with Gasteiger partial charge in [-0.3, -0.25) is 4.90 Å². The molecule has 0 radical (unpaired) electrons. The van der Waals surface area contributed by atoms with Crippen LogP contribution in [-0.4, -0.2) is 40.6 Å². The van der Waals surface area contributed by atoms with Crippen LogP contribution in [0.3, 0.4) is 0 Å². The van der Waals surface area contributed by atoms with Gasteiger partial charge in [-0.25, -0.2) is 4.98 Å². The Hall–Kier alpha value is -0.870. The molecule has 1 aromatic rings. The average molecular weight is 222 g/mol. The van der Waals surface area contributed by atoms with Gasteiger partial charge < -0.3 is 9.88 Å². The molecule has 0 aromatic carbocycles. The van der Waals surface area contributed by atoms with Crippen LogP contribution < -0.4 is 5.32 Å². The SMILES string of the molecule is CNCc1cncn1CC(C)N(C)C1CC1. The van der Waals surface area contributed by atoms with Gasteiger partial charge in [-0.1, -0.05) is 0 Å². The zero-order valence-electron chi connectivity index (χ0n) is 10.5. The van der Waals surface area contributed by atoms with Crippen molar-refractivity contribution in [2.24, 2.45) is 0 Å². The van der Waals surface area contributed by atoms with Gasteiger partial charge in [-0.2, -0.15) is 0 Å². The van der Waals surface area contributed by atoms with Crippen LogP contribution in [0.4, 0.5) is 0 Å². The third-order valence-corrected chi connectivity index (χ3v) is 3.44. The molecule has 0 bridgehead atoms. The zero-order chi connectivity index (χ0) is 11.5. The summed E-state index contributed by atoms with van der Waals surface area (Å²) in [5, 5.41) is 3.17. The number of nitrogens with zero attached hydrogens (tertiary/aromatic N) is 3. The highest BCUT2D eigenvalue weighted by molar-refractivity contribution is 4.98. The van der Waals surface area contributed by atoms with Gasteiger partial charge in [0.15, 0.2) is 0 Å². The van der Waals surface area contributed by atoms with Crippen molar-refractivity contribution in [3.8, 4) is 0 Å². The van der Waals surface area contributed by atoms with E-state index in [0.717, 1.165) is 19.1 Å². The van der Waals surface area contributed by atoms with Gasteiger partial charge in [0.05, 0.1) is 12.0 Å². The Morgan fingerprint density at radius 2 is 2.38 bits per heavy atom. The molecule has 2 rings (SSSR count). The lowest BCUT2D eigenvalue weighted by atomic mass is 10.3. The number of nitrogens with one attached hydrogen (secondary N) is 1. The molecule has 1 heterocycles. The molecule has 0 aliphatic heterocycles. The fourth-order valence-electron chi connectivity index (χ4n) is 2.10.